The SMILES string of the molecule is COC(=O)C(=O)CCCC1(Sc2cccs2)CCOO1. The third kappa shape index (κ3) is 4.05. The fourth-order valence-corrected chi connectivity index (χ4v) is 4.20. The molecule has 2 rings (SSSR count). The van der Waals surface area contributed by atoms with Crippen molar-refractivity contribution in [2.75, 3.05) is 13.7 Å². The summed E-state index contributed by atoms with van der Waals surface area (Å²) in [6.07, 6.45) is 2.15. The van der Waals surface area contributed by atoms with Gasteiger partial charge in [0.25, 0.3) is 0 Å². The molecular formula is C13H16O5S2. The van der Waals surface area contributed by atoms with Crippen molar-refractivity contribution < 1.29 is 24.1 Å². The van der Waals surface area contributed by atoms with Crippen molar-refractivity contribution in [2.24, 2.45) is 0 Å². The smallest absolute Gasteiger partial charge is 0.374 e. The summed E-state index contributed by atoms with van der Waals surface area (Å²) in [5.74, 6) is -1.28. The van der Waals surface area contributed by atoms with Gasteiger partial charge in [0.1, 0.15) is 0 Å². The molecule has 0 aliphatic carbocycles. The molecule has 0 saturated carbocycles. The number of carbonyl (C=O) groups is 2. The normalized spacial score (nSPS) is 21.9. The van der Waals surface area contributed by atoms with E-state index in [4.69, 9.17) is 9.78 Å². The quantitative estimate of drug-likeness (QED) is 0.438. The molecule has 0 radical (unpaired) electrons. The van der Waals surface area contributed by atoms with Crippen LogP contribution in [0.2, 0.25) is 0 Å². The topological polar surface area (TPSA) is 61.8 Å². The molecule has 0 N–H and O–H groups in total. The molecule has 110 valence electrons. The Bertz CT molecular complexity index is 451. The maximum absolute atomic E-state index is 11.4. The first-order chi connectivity index (χ1) is 9.65. The first kappa shape index (κ1) is 15.5. The van der Waals surface area contributed by atoms with Gasteiger partial charge in [0.15, 0.2) is 4.93 Å². The number of methoxy groups -OCH3 is 1. The molecule has 1 unspecified atom stereocenters. The van der Waals surface area contributed by atoms with Crippen LogP contribution in [0.1, 0.15) is 25.7 Å². The minimum Gasteiger partial charge on any atom is -0.463 e. The Labute approximate surface area is 125 Å². The first-order valence-corrected chi connectivity index (χ1v) is 7.99. The number of hydrogen-bond acceptors (Lipinski definition) is 7. The molecule has 2 heterocycles. The lowest BCUT2D eigenvalue weighted by atomic mass is 10.1. The monoisotopic (exact) mass is 316 g/mol. The van der Waals surface area contributed by atoms with E-state index in [9.17, 15) is 9.59 Å². The van der Waals surface area contributed by atoms with Crippen LogP contribution in [0, 0.1) is 0 Å². The summed E-state index contributed by atoms with van der Waals surface area (Å²) < 4.78 is 5.54. The van der Waals surface area contributed by atoms with Crippen molar-refractivity contribution in [1.82, 2.24) is 0 Å². The Morgan fingerprint density at radius 2 is 2.40 bits per heavy atom. The van der Waals surface area contributed by atoms with E-state index in [1.807, 2.05) is 17.5 Å². The van der Waals surface area contributed by atoms with Crippen LogP contribution in [0.25, 0.3) is 0 Å². The third-order valence-corrected chi connectivity index (χ3v) is 5.32. The predicted octanol–water partition coefficient (Wildman–Crippen LogP) is 2.80. The second-order valence-corrected chi connectivity index (χ2v) is 6.96. The summed E-state index contributed by atoms with van der Waals surface area (Å²) in [7, 11) is 1.21. The summed E-state index contributed by atoms with van der Waals surface area (Å²) in [4.78, 5) is 32.5. The lowest BCUT2D eigenvalue weighted by molar-refractivity contribution is -0.285. The standard InChI is InChI=1S/C13H16O5S2/c1-16-12(15)10(14)4-2-6-13(7-8-17-18-13)20-11-5-3-9-19-11/h3,5,9H,2,4,6-8H2,1H3. The molecule has 1 aliphatic rings. The van der Waals surface area contributed by atoms with E-state index in [1.54, 1.807) is 23.1 Å². The zero-order chi connectivity index (χ0) is 14.4. The summed E-state index contributed by atoms with van der Waals surface area (Å²) in [6, 6.07) is 4.01. The molecule has 1 atom stereocenters. The lowest BCUT2D eigenvalue weighted by Crippen LogP contribution is -2.24. The number of thiophene rings is 1. The van der Waals surface area contributed by atoms with E-state index < -0.39 is 16.7 Å². The van der Waals surface area contributed by atoms with Crippen LogP contribution in [-0.4, -0.2) is 30.4 Å². The minimum absolute atomic E-state index is 0.169. The van der Waals surface area contributed by atoms with Crippen LogP contribution in [0.15, 0.2) is 21.7 Å². The Hall–Kier alpha value is -0.890. The van der Waals surface area contributed by atoms with Gasteiger partial charge in [-0.2, -0.15) is 0 Å². The molecular weight excluding hydrogens is 300 g/mol. The van der Waals surface area contributed by atoms with E-state index in [1.165, 1.54) is 7.11 Å². The van der Waals surface area contributed by atoms with Gasteiger partial charge in [-0.1, -0.05) is 17.8 Å². The minimum atomic E-state index is -0.784. The number of hydrogen-bond donors (Lipinski definition) is 0. The van der Waals surface area contributed by atoms with E-state index in [0.29, 0.717) is 19.4 Å². The van der Waals surface area contributed by atoms with Crippen LogP contribution in [0.3, 0.4) is 0 Å². The van der Waals surface area contributed by atoms with E-state index in [2.05, 4.69) is 4.74 Å². The summed E-state index contributed by atoms with van der Waals surface area (Å²) >= 11 is 3.26. The lowest BCUT2D eigenvalue weighted by Gasteiger charge is -2.23. The van der Waals surface area contributed by atoms with Crippen LogP contribution in [0.5, 0.6) is 0 Å². The van der Waals surface area contributed by atoms with Gasteiger partial charge in [0, 0.05) is 12.8 Å². The second kappa shape index (κ2) is 7.21. The Kier molecular flexibility index (Phi) is 5.59. The van der Waals surface area contributed by atoms with Crippen molar-refractivity contribution in [1.29, 1.82) is 0 Å². The molecule has 1 fully saturated rings. The number of Topliss-reactive ketones (excluding diaryl/α,β-unsaturated/α-hetero) is 1. The molecule has 1 aromatic heterocycles. The third-order valence-electron chi connectivity index (χ3n) is 2.93. The molecule has 5 nitrogen and oxygen atoms in total. The zero-order valence-corrected chi connectivity index (χ0v) is 12.8. The molecule has 0 spiro atoms. The van der Waals surface area contributed by atoms with Crippen molar-refractivity contribution >= 4 is 34.9 Å². The van der Waals surface area contributed by atoms with Gasteiger partial charge in [-0.3, -0.25) is 4.79 Å². The Morgan fingerprint density at radius 1 is 1.55 bits per heavy atom. The van der Waals surface area contributed by atoms with E-state index in [0.717, 1.165) is 10.6 Å². The molecule has 0 amide bonds. The van der Waals surface area contributed by atoms with Gasteiger partial charge in [-0.15, -0.1) is 11.3 Å². The molecule has 1 saturated heterocycles. The molecule has 7 heteroatoms. The zero-order valence-electron chi connectivity index (χ0n) is 11.1. The van der Waals surface area contributed by atoms with E-state index >= 15 is 0 Å². The number of thioether (sulfide) groups is 1. The van der Waals surface area contributed by atoms with E-state index in [-0.39, 0.29) is 6.42 Å². The Balaban J connectivity index is 1.86. The highest BCUT2D eigenvalue weighted by molar-refractivity contribution is 8.02. The molecule has 1 aromatic rings. The number of ketones is 1. The van der Waals surface area contributed by atoms with Crippen molar-refractivity contribution in [3.8, 4) is 0 Å². The molecule has 0 aromatic carbocycles. The van der Waals surface area contributed by atoms with Gasteiger partial charge in [-0.25, -0.2) is 14.6 Å². The highest BCUT2D eigenvalue weighted by Crippen LogP contribution is 2.45. The fraction of sp³-hybridized carbons (Fsp3) is 0.538. The van der Waals surface area contributed by atoms with Crippen LogP contribution < -0.4 is 0 Å². The maximum atomic E-state index is 11.4. The van der Waals surface area contributed by atoms with Crippen LogP contribution in [0.4, 0.5) is 0 Å². The fourth-order valence-electron chi connectivity index (χ4n) is 1.91. The van der Waals surface area contributed by atoms with Crippen molar-refractivity contribution in [3.05, 3.63) is 17.5 Å². The summed E-state index contributed by atoms with van der Waals surface area (Å²) in [6.45, 7) is 0.545. The highest BCUT2D eigenvalue weighted by atomic mass is 32.2. The highest BCUT2D eigenvalue weighted by Gasteiger charge is 2.38. The molecule has 1 aliphatic heterocycles. The average molecular weight is 316 g/mol. The number of ether oxygens (including phenoxy) is 1. The maximum Gasteiger partial charge on any atom is 0.374 e. The van der Waals surface area contributed by atoms with Crippen LogP contribution in [-0.2, 0) is 24.1 Å². The van der Waals surface area contributed by atoms with Gasteiger partial charge < -0.3 is 4.74 Å². The first-order valence-electron chi connectivity index (χ1n) is 6.29. The van der Waals surface area contributed by atoms with Gasteiger partial charge in [-0.05, 0) is 24.3 Å². The van der Waals surface area contributed by atoms with Crippen molar-refractivity contribution in [3.63, 3.8) is 0 Å². The number of esters is 1. The van der Waals surface area contributed by atoms with Gasteiger partial charge in [0.2, 0.25) is 5.78 Å². The predicted molar refractivity (Wildman–Crippen MR) is 75.4 cm³/mol. The van der Waals surface area contributed by atoms with Gasteiger partial charge in [0.05, 0.1) is 17.9 Å². The Morgan fingerprint density at radius 3 is 3.00 bits per heavy atom. The summed E-state index contributed by atoms with van der Waals surface area (Å²) in [5, 5.41) is 2.01. The second-order valence-electron chi connectivity index (χ2n) is 4.37. The van der Waals surface area contributed by atoms with Crippen LogP contribution >= 0.6 is 23.1 Å². The number of rotatable bonds is 7. The summed E-state index contributed by atoms with van der Waals surface area (Å²) in [5.41, 5.74) is 0. The number of carbonyl (C=O) groups excluding carboxylic acids is 2. The average Bonchev–Trinajstić information content (AvgIpc) is 3.10. The molecule has 0 bridgehead atoms. The van der Waals surface area contributed by atoms with Crippen molar-refractivity contribution in [2.45, 2.75) is 34.8 Å². The molecule has 20 heavy (non-hydrogen) atoms. The van der Waals surface area contributed by atoms with Gasteiger partial charge >= 0.3 is 5.97 Å². The largest absolute Gasteiger partial charge is 0.463 e.